The van der Waals surface area contributed by atoms with Gasteiger partial charge in [0.2, 0.25) is 0 Å². The molecule has 0 spiro atoms. The Balaban J connectivity index is 2.24. The number of nitrogens with one attached hydrogen (secondary N) is 1. The van der Waals surface area contributed by atoms with Gasteiger partial charge in [-0.15, -0.1) is 0 Å². The number of nitrogens with zero attached hydrogens (tertiary/aromatic N) is 1. The Hall–Kier alpha value is -2.67. The third kappa shape index (κ3) is 3.95. The van der Waals surface area contributed by atoms with Crippen LogP contribution in [-0.4, -0.2) is 25.7 Å². The molecule has 0 aliphatic rings. The van der Waals surface area contributed by atoms with E-state index in [0.717, 1.165) is 5.56 Å². The van der Waals surface area contributed by atoms with Crippen molar-refractivity contribution in [3.8, 4) is 0 Å². The van der Waals surface area contributed by atoms with Crippen molar-refractivity contribution in [2.45, 2.75) is 18.7 Å². The van der Waals surface area contributed by atoms with Crippen LogP contribution in [0.2, 0.25) is 0 Å². The van der Waals surface area contributed by atoms with Crippen LogP contribution in [0.1, 0.15) is 27.0 Å². The first-order chi connectivity index (χ1) is 10.8. The summed E-state index contributed by atoms with van der Waals surface area (Å²) in [5, 5.41) is 12.7. The van der Waals surface area contributed by atoms with E-state index < -0.39 is 16.0 Å². The smallest absolute Gasteiger partial charge is 0.336 e. The zero-order chi connectivity index (χ0) is 17.0. The monoisotopic (exact) mass is 332 g/mol. The molecule has 0 aromatic heterocycles. The number of carboxylic acids is 1. The maximum absolute atomic E-state index is 12.2. The number of hydrogen-bond donors (Lipinski definition) is 2. The van der Waals surface area contributed by atoms with Crippen LogP contribution >= 0.6 is 0 Å². The van der Waals surface area contributed by atoms with E-state index in [1.807, 2.05) is 6.92 Å². The van der Waals surface area contributed by atoms with Crippen molar-refractivity contribution in [1.82, 2.24) is 4.83 Å². The Labute approximate surface area is 134 Å². The summed E-state index contributed by atoms with van der Waals surface area (Å²) in [5.74, 6) is -1.11. The Morgan fingerprint density at radius 2 is 1.87 bits per heavy atom. The predicted molar refractivity (Wildman–Crippen MR) is 87.2 cm³/mol. The molecule has 0 saturated heterocycles. The van der Waals surface area contributed by atoms with Gasteiger partial charge in [0, 0.05) is 5.56 Å². The summed E-state index contributed by atoms with van der Waals surface area (Å²) >= 11 is 0. The molecule has 2 aromatic carbocycles. The summed E-state index contributed by atoms with van der Waals surface area (Å²) in [5.41, 5.74) is 1.92. The summed E-state index contributed by atoms with van der Waals surface area (Å²) < 4.78 is 24.5. The van der Waals surface area contributed by atoms with Crippen LogP contribution in [-0.2, 0) is 10.0 Å². The van der Waals surface area contributed by atoms with E-state index in [-0.39, 0.29) is 10.5 Å². The summed E-state index contributed by atoms with van der Waals surface area (Å²) in [4.78, 5) is 13.3. The van der Waals surface area contributed by atoms with Crippen molar-refractivity contribution < 1.29 is 18.3 Å². The third-order valence-corrected chi connectivity index (χ3v) is 4.57. The summed E-state index contributed by atoms with van der Waals surface area (Å²) in [6, 6.07) is 11.2. The van der Waals surface area contributed by atoms with Crippen molar-refractivity contribution >= 4 is 22.2 Å². The van der Waals surface area contributed by atoms with E-state index in [1.165, 1.54) is 18.3 Å². The molecular weight excluding hydrogens is 316 g/mol. The minimum absolute atomic E-state index is 0.0435. The molecular formula is C16H16N2O4S. The fourth-order valence-electron chi connectivity index (χ4n) is 2.12. The lowest BCUT2D eigenvalue weighted by molar-refractivity contribution is 0.0696. The minimum Gasteiger partial charge on any atom is -0.478 e. The molecule has 0 fully saturated rings. The molecule has 23 heavy (non-hydrogen) atoms. The molecule has 2 N–H and O–H groups in total. The second-order valence-corrected chi connectivity index (χ2v) is 6.64. The van der Waals surface area contributed by atoms with Gasteiger partial charge in [0.15, 0.2) is 0 Å². The van der Waals surface area contributed by atoms with Crippen LogP contribution in [0.15, 0.2) is 52.5 Å². The van der Waals surface area contributed by atoms with Gasteiger partial charge in [-0.2, -0.15) is 13.5 Å². The Kier molecular flexibility index (Phi) is 4.80. The molecule has 0 unspecified atom stereocenters. The molecule has 0 heterocycles. The first-order valence-corrected chi connectivity index (χ1v) is 8.24. The Morgan fingerprint density at radius 1 is 1.17 bits per heavy atom. The molecule has 0 atom stereocenters. The molecule has 2 aromatic rings. The van der Waals surface area contributed by atoms with E-state index in [2.05, 4.69) is 9.93 Å². The van der Waals surface area contributed by atoms with E-state index >= 15 is 0 Å². The lowest BCUT2D eigenvalue weighted by Crippen LogP contribution is -2.19. The maximum Gasteiger partial charge on any atom is 0.336 e. The number of carbonyl (C=O) groups is 1. The zero-order valence-corrected chi connectivity index (χ0v) is 13.5. The molecule has 2 rings (SSSR count). The van der Waals surface area contributed by atoms with Gasteiger partial charge in [-0.3, -0.25) is 0 Å². The highest BCUT2D eigenvalue weighted by Gasteiger charge is 2.15. The first-order valence-electron chi connectivity index (χ1n) is 6.76. The molecule has 7 heteroatoms. The summed E-state index contributed by atoms with van der Waals surface area (Å²) in [7, 11) is -3.81. The minimum atomic E-state index is -3.81. The van der Waals surface area contributed by atoms with Crippen LogP contribution in [0.5, 0.6) is 0 Å². The molecule has 6 nitrogen and oxygen atoms in total. The van der Waals surface area contributed by atoms with Crippen molar-refractivity contribution in [3.05, 3.63) is 64.7 Å². The summed E-state index contributed by atoms with van der Waals surface area (Å²) in [6.07, 6.45) is 1.17. The van der Waals surface area contributed by atoms with Gasteiger partial charge in [0.05, 0.1) is 16.7 Å². The average Bonchev–Trinajstić information content (AvgIpc) is 2.47. The van der Waals surface area contributed by atoms with E-state index in [0.29, 0.717) is 11.1 Å². The molecule has 0 aliphatic carbocycles. The van der Waals surface area contributed by atoms with Gasteiger partial charge in [0.1, 0.15) is 0 Å². The molecule has 120 valence electrons. The lowest BCUT2D eigenvalue weighted by Gasteiger charge is -2.07. The van der Waals surface area contributed by atoms with Gasteiger partial charge >= 0.3 is 5.97 Å². The molecule has 0 saturated carbocycles. The SMILES string of the molecule is Cc1ccc(S(=O)(=O)N/N=C/c2ccccc2C(=O)O)c(C)c1. The largest absolute Gasteiger partial charge is 0.478 e. The van der Waals surface area contributed by atoms with Gasteiger partial charge in [-0.25, -0.2) is 9.63 Å². The molecule has 0 bridgehead atoms. The predicted octanol–water partition coefficient (Wildman–Crippen LogP) is 2.31. The second kappa shape index (κ2) is 6.62. The lowest BCUT2D eigenvalue weighted by atomic mass is 10.1. The third-order valence-electron chi connectivity index (χ3n) is 3.19. The highest BCUT2D eigenvalue weighted by Crippen LogP contribution is 2.16. The second-order valence-electron chi connectivity index (χ2n) is 5.01. The van der Waals surface area contributed by atoms with E-state index in [1.54, 1.807) is 37.3 Å². The number of rotatable bonds is 5. The Bertz CT molecular complexity index is 873. The van der Waals surface area contributed by atoms with Crippen molar-refractivity contribution in [3.63, 3.8) is 0 Å². The standard InChI is InChI=1S/C16H16N2O4S/c1-11-7-8-15(12(2)9-11)23(21,22)18-17-10-13-5-3-4-6-14(13)16(19)20/h3-10,18H,1-2H3,(H,19,20)/b17-10+. The topological polar surface area (TPSA) is 95.8 Å². The van der Waals surface area contributed by atoms with Crippen LogP contribution in [0.25, 0.3) is 0 Å². The number of hydrazone groups is 1. The van der Waals surface area contributed by atoms with E-state index in [4.69, 9.17) is 5.11 Å². The van der Waals surface area contributed by atoms with Crippen LogP contribution < -0.4 is 4.83 Å². The number of benzene rings is 2. The number of hydrogen-bond acceptors (Lipinski definition) is 4. The van der Waals surface area contributed by atoms with Crippen LogP contribution in [0, 0.1) is 13.8 Å². The zero-order valence-electron chi connectivity index (χ0n) is 12.6. The number of aryl methyl sites for hydroxylation is 2. The highest BCUT2D eigenvalue weighted by molar-refractivity contribution is 7.89. The van der Waals surface area contributed by atoms with Gasteiger partial charge in [-0.05, 0) is 31.5 Å². The Morgan fingerprint density at radius 3 is 2.52 bits per heavy atom. The fourth-order valence-corrected chi connectivity index (χ4v) is 3.14. The fraction of sp³-hybridized carbons (Fsp3) is 0.125. The molecule has 0 amide bonds. The van der Waals surface area contributed by atoms with Crippen LogP contribution in [0.4, 0.5) is 0 Å². The van der Waals surface area contributed by atoms with Gasteiger partial charge in [-0.1, -0.05) is 35.9 Å². The quantitative estimate of drug-likeness (QED) is 0.649. The van der Waals surface area contributed by atoms with Gasteiger partial charge < -0.3 is 5.11 Å². The van der Waals surface area contributed by atoms with Crippen molar-refractivity contribution in [1.29, 1.82) is 0 Å². The number of sulfonamides is 1. The maximum atomic E-state index is 12.2. The molecule has 0 radical (unpaired) electrons. The van der Waals surface area contributed by atoms with Crippen molar-refractivity contribution in [2.24, 2.45) is 5.10 Å². The normalized spacial score (nSPS) is 11.6. The average molecular weight is 332 g/mol. The first kappa shape index (κ1) is 16.7. The van der Waals surface area contributed by atoms with Gasteiger partial charge in [0.25, 0.3) is 10.0 Å². The van der Waals surface area contributed by atoms with Crippen LogP contribution in [0.3, 0.4) is 0 Å². The molecule has 0 aliphatic heterocycles. The van der Waals surface area contributed by atoms with E-state index in [9.17, 15) is 13.2 Å². The van der Waals surface area contributed by atoms with Crippen molar-refractivity contribution in [2.75, 3.05) is 0 Å². The summed E-state index contributed by atoms with van der Waals surface area (Å²) in [6.45, 7) is 3.57. The number of carboxylic acid groups (broad SMARTS) is 1. The number of aromatic carboxylic acids is 1. The highest BCUT2D eigenvalue weighted by atomic mass is 32.2.